The topological polar surface area (TPSA) is 55.1 Å². The van der Waals surface area contributed by atoms with Crippen molar-refractivity contribution in [3.05, 3.63) is 34.3 Å². The van der Waals surface area contributed by atoms with Crippen LogP contribution in [0.1, 0.15) is 31.4 Å². The molecular formula is C12H18BrClN2O. The van der Waals surface area contributed by atoms with Crippen LogP contribution in [-0.4, -0.2) is 12.5 Å². The first-order chi connectivity index (χ1) is 7.65. The monoisotopic (exact) mass is 320 g/mol. The minimum Gasteiger partial charge on any atom is -0.350 e. The quantitative estimate of drug-likeness (QED) is 0.876. The standard InChI is InChI=1S/C12H17BrN2O.ClH/c1-9(15-12(16)7-4-8-14)10-5-2-3-6-11(10)13;/h2-3,5-6,9H,4,7-8,14H2,1H3,(H,15,16);1H. The van der Waals surface area contributed by atoms with Crippen LogP contribution in [0.25, 0.3) is 0 Å². The Morgan fingerprint density at radius 2 is 2.12 bits per heavy atom. The summed E-state index contributed by atoms with van der Waals surface area (Å²) in [5.74, 6) is 0.0497. The third-order valence-electron chi connectivity index (χ3n) is 2.36. The Morgan fingerprint density at radius 3 is 2.71 bits per heavy atom. The van der Waals surface area contributed by atoms with Crippen LogP contribution in [0.2, 0.25) is 0 Å². The molecule has 0 saturated heterocycles. The first kappa shape index (κ1) is 16.4. The van der Waals surface area contributed by atoms with E-state index in [1.54, 1.807) is 0 Å². The number of amides is 1. The van der Waals surface area contributed by atoms with Gasteiger partial charge in [0, 0.05) is 10.9 Å². The van der Waals surface area contributed by atoms with Gasteiger partial charge in [-0.15, -0.1) is 12.4 Å². The summed E-state index contributed by atoms with van der Waals surface area (Å²) in [5, 5.41) is 2.95. The van der Waals surface area contributed by atoms with Crippen molar-refractivity contribution in [2.45, 2.75) is 25.8 Å². The maximum atomic E-state index is 11.5. The Morgan fingerprint density at radius 1 is 1.47 bits per heavy atom. The number of hydrogen-bond donors (Lipinski definition) is 2. The molecule has 0 aliphatic carbocycles. The molecule has 1 amide bonds. The summed E-state index contributed by atoms with van der Waals surface area (Å²) < 4.78 is 1.02. The molecule has 3 nitrogen and oxygen atoms in total. The van der Waals surface area contributed by atoms with Gasteiger partial charge in [0.15, 0.2) is 0 Å². The predicted molar refractivity (Wildman–Crippen MR) is 76.2 cm³/mol. The van der Waals surface area contributed by atoms with E-state index in [2.05, 4.69) is 21.2 Å². The van der Waals surface area contributed by atoms with E-state index in [-0.39, 0.29) is 24.4 Å². The molecule has 96 valence electrons. The fourth-order valence-corrected chi connectivity index (χ4v) is 2.11. The Bertz CT molecular complexity index is 360. The molecule has 1 aromatic rings. The van der Waals surface area contributed by atoms with Crippen LogP contribution in [0.3, 0.4) is 0 Å². The van der Waals surface area contributed by atoms with E-state index < -0.39 is 0 Å². The second-order valence-electron chi connectivity index (χ2n) is 3.70. The smallest absolute Gasteiger partial charge is 0.220 e. The van der Waals surface area contributed by atoms with Gasteiger partial charge in [-0.1, -0.05) is 34.1 Å². The van der Waals surface area contributed by atoms with E-state index >= 15 is 0 Å². The minimum atomic E-state index is 0. The van der Waals surface area contributed by atoms with Crippen molar-refractivity contribution in [2.75, 3.05) is 6.54 Å². The van der Waals surface area contributed by atoms with Gasteiger partial charge in [-0.2, -0.15) is 0 Å². The first-order valence-corrected chi connectivity index (χ1v) is 6.18. The van der Waals surface area contributed by atoms with Crippen molar-refractivity contribution in [3.8, 4) is 0 Å². The highest BCUT2D eigenvalue weighted by molar-refractivity contribution is 9.10. The van der Waals surface area contributed by atoms with E-state index in [9.17, 15) is 4.79 Å². The lowest BCUT2D eigenvalue weighted by Crippen LogP contribution is -2.27. The summed E-state index contributed by atoms with van der Waals surface area (Å²) in [6.45, 7) is 2.53. The molecule has 0 bridgehead atoms. The third-order valence-corrected chi connectivity index (χ3v) is 3.08. The summed E-state index contributed by atoms with van der Waals surface area (Å²) in [4.78, 5) is 11.5. The molecule has 0 aromatic heterocycles. The molecule has 1 atom stereocenters. The molecule has 0 spiro atoms. The Labute approximate surface area is 117 Å². The Hall–Kier alpha value is -0.580. The van der Waals surface area contributed by atoms with Gasteiger partial charge in [-0.3, -0.25) is 4.79 Å². The number of nitrogens with one attached hydrogen (secondary N) is 1. The number of carbonyl (C=O) groups excluding carboxylic acids is 1. The Kier molecular flexibility index (Phi) is 8.21. The second kappa shape index (κ2) is 8.50. The summed E-state index contributed by atoms with van der Waals surface area (Å²) >= 11 is 3.47. The van der Waals surface area contributed by atoms with Crippen LogP contribution >= 0.6 is 28.3 Å². The van der Waals surface area contributed by atoms with Crippen molar-refractivity contribution in [1.29, 1.82) is 0 Å². The molecule has 0 heterocycles. The number of halogens is 2. The summed E-state index contributed by atoms with van der Waals surface area (Å²) in [6.07, 6.45) is 1.22. The summed E-state index contributed by atoms with van der Waals surface area (Å²) in [5.41, 5.74) is 6.44. The van der Waals surface area contributed by atoms with Crippen molar-refractivity contribution in [3.63, 3.8) is 0 Å². The number of rotatable bonds is 5. The zero-order chi connectivity index (χ0) is 12.0. The molecule has 0 aliphatic rings. The normalized spacial score (nSPS) is 11.5. The van der Waals surface area contributed by atoms with E-state index in [4.69, 9.17) is 5.73 Å². The molecule has 5 heteroatoms. The number of hydrogen-bond acceptors (Lipinski definition) is 2. The van der Waals surface area contributed by atoms with Crippen molar-refractivity contribution in [2.24, 2.45) is 5.73 Å². The lowest BCUT2D eigenvalue weighted by atomic mass is 10.1. The zero-order valence-electron chi connectivity index (χ0n) is 9.78. The average Bonchev–Trinajstić information content (AvgIpc) is 2.26. The lowest BCUT2D eigenvalue weighted by molar-refractivity contribution is -0.121. The van der Waals surface area contributed by atoms with Crippen LogP contribution in [0, 0.1) is 0 Å². The lowest BCUT2D eigenvalue weighted by Gasteiger charge is -2.15. The minimum absolute atomic E-state index is 0. The highest BCUT2D eigenvalue weighted by Crippen LogP contribution is 2.22. The molecule has 17 heavy (non-hydrogen) atoms. The summed E-state index contributed by atoms with van der Waals surface area (Å²) in [7, 11) is 0. The van der Waals surface area contributed by atoms with Gasteiger partial charge in [-0.25, -0.2) is 0 Å². The third kappa shape index (κ3) is 5.52. The molecule has 0 fully saturated rings. The second-order valence-corrected chi connectivity index (χ2v) is 4.56. The van der Waals surface area contributed by atoms with E-state index in [1.807, 2.05) is 31.2 Å². The molecule has 3 N–H and O–H groups in total. The molecule has 1 rings (SSSR count). The fourth-order valence-electron chi connectivity index (χ4n) is 1.48. The highest BCUT2D eigenvalue weighted by Gasteiger charge is 2.11. The van der Waals surface area contributed by atoms with Crippen LogP contribution in [-0.2, 0) is 4.79 Å². The zero-order valence-corrected chi connectivity index (χ0v) is 12.2. The molecular weight excluding hydrogens is 304 g/mol. The van der Waals surface area contributed by atoms with E-state index in [1.165, 1.54) is 0 Å². The van der Waals surface area contributed by atoms with Gasteiger partial charge >= 0.3 is 0 Å². The number of nitrogens with two attached hydrogens (primary N) is 1. The number of benzene rings is 1. The largest absolute Gasteiger partial charge is 0.350 e. The van der Waals surface area contributed by atoms with Gasteiger partial charge in [-0.05, 0) is 31.5 Å². The molecule has 0 aliphatic heterocycles. The van der Waals surface area contributed by atoms with Crippen LogP contribution in [0.4, 0.5) is 0 Å². The van der Waals surface area contributed by atoms with Crippen molar-refractivity contribution in [1.82, 2.24) is 5.32 Å². The first-order valence-electron chi connectivity index (χ1n) is 5.39. The van der Waals surface area contributed by atoms with Crippen molar-refractivity contribution >= 4 is 34.2 Å². The van der Waals surface area contributed by atoms with Gasteiger partial charge in [0.05, 0.1) is 6.04 Å². The van der Waals surface area contributed by atoms with E-state index in [0.29, 0.717) is 13.0 Å². The fraction of sp³-hybridized carbons (Fsp3) is 0.417. The van der Waals surface area contributed by atoms with Crippen molar-refractivity contribution < 1.29 is 4.79 Å². The highest BCUT2D eigenvalue weighted by atomic mass is 79.9. The Balaban J connectivity index is 0.00000256. The van der Waals surface area contributed by atoms with Crippen LogP contribution in [0.15, 0.2) is 28.7 Å². The summed E-state index contributed by atoms with van der Waals surface area (Å²) in [6, 6.07) is 7.90. The predicted octanol–water partition coefficient (Wildman–Crippen LogP) is 2.79. The van der Waals surface area contributed by atoms with Crippen LogP contribution < -0.4 is 11.1 Å². The van der Waals surface area contributed by atoms with E-state index in [0.717, 1.165) is 16.5 Å². The van der Waals surface area contributed by atoms with Gasteiger partial charge in [0.2, 0.25) is 5.91 Å². The molecule has 0 saturated carbocycles. The SMILES string of the molecule is CC(NC(=O)CCCN)c1ccccc1Br.Cl. The van der Waals surface area contributed by atoms with Gasteiger partial charge in [0.25, 0.3) is 0 Å². The maximum Gasteiger partial charge on any atom is 0.220 e. The van der Waals surface area contributed by atoms with Crippen LogP contribution in [0.5, 0.6) is 0 Å². The average molecular weight is 322 g/mol. The molecule has 1 aromatic carbocycles. The molecule has 0 radical (unpaired) electrons. The van der Waals surface area contributed by atoms with Gasteiger partial charge < -0.3 is 11.1 Å². The van der Waals surface area contributed by atoms with Gasteiger partial charge in [0.1, 0.15) is 0 Å². The maximum absolute atomic E-state index is 11.5. The number of carbonyl (C=O) groups is 1. The molecule has 1 unspecified atom stereocenters.